The Morgan fingerprint density at radius 3 is 1.08 bits per heavy atom. The molecule has 1 aromatic carbocycles. The van der Waals surface area contributed by atoms with Crippen LogP contribution in [0.15, 0.2) is 0 Å². The molecule has 0 saturated carbocycles. The Balaban J connectivity index is 0.00000144. The van der Waals surface area contributed by atoms with Gasteiger partial charge in [-0.2, -0.15) is 0 Å². The maximum Gasteiger partial charge on any atom is 0.179 e. The fourth-order valence-corrected chi connectivity index (χ4v) is 1.44. The van der Waals surface area contributed by atoms with Crippen LogP contribution >= 0.6 is 46.4 Å². The van der Waals surface area contributed by atoms with Gasteiger partial charge in [0, 0.05) is 17.1 Å². The van der Waals surface area contributed by atoms with Crippen LogP contribution in [-0.2, 0) is 17.1 Å². The van der Waals surface area contributed by atoms with Crippen molar-refractivity contribution in [1.82, 2.24) is 0 Å². The number of halogens is 4. The molecule has 0 aliphatic heterocycles. The van der Waals surface area contributed by atoms with Gasteiger partial charge in [-0.15, -0.1) is 0 Å². The van der Waals surface area contributed by atoms with Gasteiger partial charge in [0.05, 0.1) is 10.0 Å². The summed E-state index contributed by atoms with van der Waals surface area (Å²) in [5, 5.41) is 17.6. The quantitative estimate of drug-likeness (QED) is 0.332. The van der Waals surface area contributed by atoms with Crippen LogP contribution in [0.3, 0.4) is 0 Å². The summed E-state index contributed by atoms with van der Waals surface area (Å²) in [4.78, 5) is 0. The fraction of sp³-hybridized carbons (Fsp3) is 0. The minimum absolute atomic E-state index is 0. The molecular weight excluding hydrogens is 302 g/mol. The van der Waals surface area contributed by atoms with E-state index in [1.165, 1.54) is 0 Å². The van der Waals surface area contributed by atoms with E-state index in [1.807, 2.05) is 0 Å². The number of rotatable bonds is 0. The first-order valence-electron chi connectivity index (χ1n) is 2.70. The van der Waals surface area contributed by atoms with Gasteiger partial charge < -0.3 is 10.2 Å². The number of aromatic hydroxyl groups is 2. The Bertz CT molecular complexity index is 237. The van der Waals surface area contributed by atoms with Gasteiger partial charge in [0.15, 0.2) is 11.5 Å². The average molecular weight is 304 g/mol. The minimum atomic E-state index is -0.573. The molecule has 2 N–H and O–H groups in total. The van der Waals surface area contributed by atoms with Crippen LogP contribution < -0.4 is 0 Å². The Labute approximate surface area is 105 Å². The monoisotopic (exact) mass is 302 g/mol. The van der Waals surface area contributed by atoms with E-state index in [2.05, 4.69) is 0 Å². The number of phenols is 2. The molecule has 0 aromatic heterocycles. The predicted octanol–water partition coefficient (Wildman–Crippen LogP) is 3.71. The van der Waals surface area contributed by atoms with Crippen molar-refractivity contribution in [2.24, 2.45) is 0 Å². The summed E-state index contributed by atoms with van der Waals surface area (Å²) in [5.41, 5.74) is 0. The van der Waals surface area contributed by atoms with Crippen LogP contribution in [0.4, 0.5) is 0 Å². The molecule has 0 saturated heterocycles. The van der Waals surface area contributed by atoms with Crippen molar-refractivity contribution in [2.75, 3.05) is 0 Å². The number of hydrogen-bond donors (Lipinski definition) is 2. The average Bonchev–Trinajstić information content (AvgIpc) is 2.08. The van der Waals surface area contributed by atoms with Gasteiger partial charge in [-0.1, -0.05) is 46.4 Å². The van der Waals surface area contributed by atoms with Gasteiger partial charge in [-0.3, -0.25) is 0 Å². The van der Waals surface area contributed by atoms with E-state index >= 15 is 0 Å². The standard InChI is InChI=1S/C6H2Cl4O2.Fe/c7-1-2(8)4(10)6(12)5(11)3(1)9;/h11-12H;. The molecule has 0 bridgehead atoms. The van der Waals surface area contributed by atoms with Crippen LogP contribution in [0.5, 0.6) is 11.5 Å². The molecule has 0 amide bonds. The third-order valence-electron chi connectivity index (χ3n) is 1.22. The molecule has 0 atom stereocenters. The maximum absolute atomic E-state index is 9.08. The van der Waals surface area contributed by atoms with E-state index in [0.29, 0.717) is 0 Å². The minimum Gasteiger partial charge on any atom is -0.503 e. The topological polar surface area (TPSA) is 40.5 Å². The van der Waals surface area contributed by atoms with Gasteiger partial charge in [0.1, 0.15) is 10.0 Å². The fourth-order valence-electron chi connectivity index (χ4n) is 0.609. The smallest absolute Gasteiger partial charge is 0.179 e. The van der Waals surface area contributed by atoms with Gasteiger partial charge in [-0.25, -0.2) is 0 Å². The second-order valence-corrected chi connectivity index (χ2v) is 3.47. The molecule has 0 unspecified atom stereocenters. The first kappa shape index (κ1) is 13.5. The molecule has 0 aliphatic rings. The molecule has 1 aromatic rings. The van der Waals surface area contributed by atoms with Crippen molar-refractivity contribution in [1.29, 1.82) is 0 Å². The van der Waals surface area contributed by atoms with Crippen LogP contribution in [0.2, 0.25) is 20.1 Å². The van der Waals surface area contributed by atoms with Crippen molar-refractivity contribution >= 4 is 46.4 Å². The Morgan fingerprint density at radius 1 is 0.615 bits per heavy atom. The van der Waals surface area contributed by atoms with E-state index in [4.69, 9.17) is 56.6 Å². The molecule has 0 heterocycles. The van der Waals surface area contributed by atoms with E-state index < -0.39 is 11.5 Å². The SMILES string of the molecule is Oc1c(O)c(Cl)c(Cl)c(Cl)c1Cl.[Fe]. The molecule has 0 spiro atoms. The maximum atomic E-state index is 9.08. The third kappa shape index (κ3) is 2.30. The number of hydrogen-bond acceptors (Lipinski definition) is 2. The molecule has 1 rings (SSSR count). The van der Waals surface area contributed by atoms with Gasteiger partial charge >= 0.3 is 0 Å². The van der Waals surface area contributed by atoms with Crippen LogP contribution in [0, 0.1) is 0 Å². The van der Waals surface area contributed by atoms with E-state index in [0.717, 1.165) is 0 Å². The van der Waals surface area contributed by atoms with Crippen molar-refractivity contribution in [3.05, 3.63) is 20.1 Å². The second-order valence-electron chi connectivity index (χ2n) is 1.95. The number of phenolic OH excluding ortho intramolecular Hbond substituents is 2. The molecule has 74 valence electrons. The zero-order chi connectivity index (χ0) is 9.46. The largest absolute Gasteiger partial charge is 0.503 e. The van der Waals surface area contributed by atoms with Gasteiger partial charge in [0.2, 0.25) is 0 Å². The van der Waals surface area contributed by atoms with Crippen molar-refractivity contribution in [3.63, 3.8) is 0 Å². The summed E-state index contributed by atoms with van der Waals surface area (Å²) < 4.78 is 0. The van der Waals surface area contributed by atoms with Gasteiger partial charge in [0.25, 0.3) is 0 Å². The Hall–Kier alpha value is 0.499. The van der Waals surface area contributed by atoms with E-state index in [1.54, 1.807) is 0 Å². The molecule has 13 heavy (non-hydrogen) atoms. The summed E-state index contributed by atoms with van der Waals surface area (Å²) in [5.74, 6) is -1.15. The van der Waals surface area contributed by atoms with Crippen LogP contribution in [-0.4, -0.2) is 10.2 Å². The van der Waals surface area contributed by atoms with Crippen LogP contribution in [0.25, 0.3) is 0 Å². The Morgan fingerprint density at radius 2 is 0.846 bits per heavy atom. The first-order chi connectivity index (χ1) is 5.46. The molecule has 0 aliphatic carbocycles. The molecule has 0 radical (unpaired) electrons. The van der Waals surface area contributed by atoms with E-state index in [9.17, 15) is 0 Å². The molecule has 7 heteroatoms. The van der Waals surface area contributed by atoms with Gasteiger partial charge in [-0.05, 0) is 0 Å². The predicted molar refractivity (Wildman–Crippen MR) is 49.8 cm³/mol. The third-order valence-corrected chi connectivity index (χ3v) is 3.00. The second kappa shape index (κ2) is 4.83. The van der Waals surface area contributed by atoms with Crippen LogP contribution in [0.1, 0.15) is 0 Å². The number of benzene rings is 1. The van der Waals surface area contributed by atoms with Crippen molar-refractivity contribution < 1.29 is 27.3 Å². The zero-order valence-electron chi connectivity index (χ0n) is 5.76. The van der Waals surface area contributed by atoms with E-state index in [-0.39, 0.29) is 37.2 Å². The summed E-state index contributed by atoms with van der Waals surface area (Å²) in [6.45, 7) is 0. The Kier molecular flexibility index (Phi) is 5.02. The normalized spacial score (nSPS) is 9.54. The summed E-state index contributed by atoms with van der Waals surface area (Å²) in [7, 11) is 0. The zero-order valence-corrected chi connectivity index (χ0v) is 9.89. The van der Waals surface area contributed by atoms with Crippen molar-refractivity contribution in [3.8, 4) is 11.5 Å². The summed E-state index contributed by atoms with van der Waals surface area (Å²) in [6.07, 6.45) is 0. The molecule has 2 nitrogen and oxygen atoms in total. The van der Waals surface area contributed by atoms with Crippen molar-refractivity contribution in [2.45, 2.75) is 0 Å². The summed E-state index contributed by atoms with van der Waals surface area (Å²) in [6, 6.07) is 0. The first-order valence-corrected chi connectivity index (χ1v) is 4.22. The molecule has 0 fully saturated rings. The summed E-state index contributed by atoms with van der Waals surface area (Å²) >= 11 is 22.0. The molecular formula is C6H2Cl4FeO2.